The number of aryl methyl sites for hydroxylation is 2. The van der Waals surface area contributed by atoms with Crippen LogP contribution in [0.4, 0.5) is 0 Å². The third-order valence-corrected chi connectivity index (χ3v) is 3.91. The van der Waals surface area contributed by atoms with Gasteiger partial charge >= 0.3 is 5.97 Å². The summed E-state index contributed by atoms with van der Waals surface area (Å²) in [7, 11) is 1.88. The Labute approximate surface area is 131 Å². The van der Waals surface area contributed by atoms with Gasteiger partial charge in [0.1, 0.15) is 0 Å². The standard InChI is InChI=1S/C16H27N3O3/c1-10(2)8-13(16(21)22)9-17-15(20)7-6-14-11(3)18-19(5)12(14)4/h10,13H,6-9H2,1-5H3,(H,17,20)(H,21,22). The summed E-state index contributed by atoms with van der Waals surface area (Å²) in [5, 5.41) is 16.2. The van der Waals surface area contributed by atoms with Gasteiger partial charge in [-0.25, -0.2) is 0 Å². The highest BCUT2D eigenvalue weighted by Gasteiger charge is 2.20. The molecule has 1 aromatic heterocycles. The lowest BCUT2D eigenvalue weighted by Crippen LogP contribution is -2.33. The maximum atomic E-state index is 11.9. The van der Waals surface area contributed by atoms with Crippen molar-refractivity contribution >= 4 is 11.9 Å². The van der Waals surface area contributed by atoms with Gasteiger partial charge in [-0.2, -0.15) is 5.10 Å². The van der Waals surface area contributed by atoms with E-state index in [4.69, 9.17) is 5.11 Å². The van der Waals surface area contributed by atoms with Gasteiger partial charge in [0.25, 0.3) is 0 Å². The van der Waals surface area contributed by atoms with Crippen molar-refractivity contribution in [2.75, 3.05) is 6.54 Å². The first kappa shape index (κ1) is 18.2. The molecule has 0 aliphatic carbocycles. The van der Waals surface area contributed by atoms with Crippen LogP contribution < -0.4 is 5.32 Å². The molecule has 0 spiro atoms. The predicted octanol–water partition coefficient (Wildman–Crippen LogP) is 1.83. The van der Waals surface area contributed by atoms with Gasteiger partial charge in [-0.3, -0.25) is 14.3 Å². The summed E-state index contributed by atoms with van der Waals surface area (Å²) in [4.78, 5) is 23.1. The smallest absolute Gasteiger partial charge is 0.308 e. The summed E-state index contributed by atoms with van der Waals surface area (Å²) < 4.78 is 1.81. The zero-order valence-electron chi connectivity index (χ0n) is 14.1. The Morgan fingerprint density at radius 2 is 1.95 bits per heavy atom. The summed E-state index contributed by atoms with van der Waals surface area (Å²) in [6, 6.07) is 0. The molecule has 124 valence electrons. The molecule has 0 saturated heterocycles. The van der Waals surface area contributed by atoms with Gasteiger partial charge in [-0.1, -0.05) is 13.8 Å². The number of rotatable bonds is 8. The van der Waals surface area contributed by atoms with Gasteiger partial charge in [0.15, 0.2) is 0 Å². The Balaban J connectivity index is 2.47. The van der Waals surface area contributed by atoms with E-state index in [-0.39, 0.29) is 12.5 Å². The maximum absolute atomic E-state index is 11.9. The van der Waals surface area contributed by atoms with Crippen LogP contribution in [0.25, 0.3) is 0 Å². The molecule has 0 fully saturated rings. The number of carbonyl (C=O) groups is 2. The van der Waals surface area contributed by atoms with Gasteiger partial charge < -0.3 is 10.4 Å². The minimum Gasteiger partial charge on any atom is -0.481 e. The molecule has 1 unspecified atom stereocenters. The van der Waals surface area contributed by atoms with Gasteiger partial charge in [-0.05, 0) is 38.2 Å². The number of carboxylic acid groups (broad SMARTS) is 1. The summed E-state index contributed by atoms with van der Waals surface area (Å²) in [6.45, 7) is 8.06. The lowest BCUT2D eigenvalue weighted by Gasteiger charge is -2.15. The summed E-state index contributed by atoms with van der Waals surface area (Å²) >= 11 is 0. The fourth-order valence-electron chi connectivity index (χ4n) is 2.58. The number of carboxylic acids is 1. The van der Waals surface area contributed by atoms with E-state index in [9.17, 15) is 9.59 Å². The van der Waals surface area contributed by atoms with Crippen LogP contribution in [-0.2, 0) is 23.1 Å². The number of amides is 1. The topological polar surface area (TPSA) is 84.2 Å². The third kappa shape index (κ3) is 5.16. The Kier molecular flexibility index (Phi) is 6.59. The Morgan fingerprint density at radius 1 is 1.32 bits per heavy atom. The van der Waals surface area contributed by atoms with Crippen molar-refractivity contribution in [1.82, 2.24) is 15.1 Å². The quantitative estimate of drug-likeness (QED) is 0.767. The molecular formula is C16H27N3O3. The zero-order valence-corrected chi connectivity index (χ0v) is 14.1. The fraction of sp³-hybridized carbons (Fsp3) is 0.688. The van der Waals surface area contributed by atoms with Crippen LogP contribution in [0, 0.1) is 25.7 Å². The van der Waals surface area contributed by atoms with E-state index in [1.54, 1.807) is 0 Å². The average Bonchev–Trinajstić information content (AvgIpc) is 2.65. The normalized spacial score (nSPS) is 12.5. The van der Waals surface area contributed by atoms with E-state index in [0.29, 0.717) is 25.2 Å². The van der Waals surface area contributed by atoms with Crippen LogP contribution >= 0.6 is 0 Å². The van der Waals surface area contributed by atoms with Crippen molar-refractivity contribution in [2.24, 2.45) is 18.9 Å². The molecule has 1 atom stereocenters. The predicted molar refractivity (Wildman–Crippen MR) is 84.6 cm³/mol. The number of aromatic nitrogens is 2. The number of carbonyl (C=O) groups excluding carboxylic acids is 1. The highest BCUT2D eigenvalue weighted by Crippen LogP contribution is 2.14. The lowest BCUT2D eigenvalue weighted by molar-refractivity contribution is -0.142. The van der Waals surface area contributed by atoms with Crippen molar-refractivity contribution in [3.05, 3.63) is 17.0 Å². The van der Waals surface area contributed by atoms with Crippen LogP contribution in [0.5, 0.6) is 0 Å². The summed E-state index contributed by atoms with van der Waals surface area (Å²) in [5.41, 5.74) is 3.10. The molecular weight excluding hydrogens is 282 g/mol. The van der Waals surface area contributed by atoms with Gasteiger partial charge in [0.05, 0.1) is 11.6 Å². The van der Waals surface area contributed by atoms with E-state index in [2.05, 4.69) is 10.4 Å². The van der Waals surface area contributed by atoms with E-state index >= 15 is 0 Å². The van der Waals surface area contributed by atoms with E-state index < -0.39 is 11.9 Å². The second kappa shape index (κ2) is 7.96. The summed E-state index contributed by atoms with van der Waals surface area (Å²) in [6.07, 6.45) is 1.54. The SMILES string of the molecule is Cc1nn(C)c(C)c1CCC(=O)NCC(CC(C)C)C(=O)O. The number of hydrogen-bond acceptors (Lipinski definition) is 3. The molecule has 6 nitrogen and oxygen atoms in total. The highest BCUT2D eigenvalue weighted by molar-refractivity contribution is 5.77. The van der Waals surface area contributed by atoms with Crippen molar-refractivity contribution in [3.8, 4) is 0 Å². The van der Waals surface area contributed by atoms with Crippen molar-refractivity contribution in [2.45, 2.75) is 47.0 Å². The zero-order chi connectivity index (χ0) is 16.9. The first-order valence-electron chi connectivity index (χ1n) is 7.71. The van der Waals surface area contributed by atoms with Crippen molar-refractivity contribution < 1.29 is 14.7 Å². The van der Waals surface area contributed by atoms with E-state index in [1.165, 1.54) is 0 Å². The molecule has 0 aliphatic heterocycles. The summed E-state index contributed by atoms with van der Waals surface area (Å²) in [5.74, 6) is -1.20. The number of hydrogen-bond donors (Lipinski definition) is 2. The first-order valence-corrected chi connectivity index (χ1v) is 7.71. The molecule has 0 radical (unpaired) electrons. The second-order valence-electron chi connectivity index (χ2n) is 6.24. The molecule has 0 aliphatic rings. The average molecular weight is 309 g/mol. The minimum atomic E-state index is -0.854. The third-order valence-electron chi connectivity index (χ3n) is 3.91. The Morgan fingerprint density at radius 3 is 2.41 bits per heavy atom. The molecule has 22 heavy (non-hydrogen) atoms. The van der Waals surface area contributed by atoms with Gasteiger partial charge in [-0.15, -0.1) is 0 Å². The van der Waals surface area contributed by atoms with Crippen LogP contribution in [0.1, 0.15) is 43.6 Å². The molecule has 6 heteroatoms. The van der Waals surface area contributed by atoms with Crippen molar-refractivity contribution in [1.29, 1.82) is 0 Å². The van der Waals surface area contributed by atoms with Crippen LogP contribution in [0.15, 0.2) is 0 Å². The molecule has 0 aromatic carbocycles. The number of nitrogens with zero attached hydrogens (tertiary/aromatic N) is 2. The molecule has 2 N–H and O–H groups in total. The van der Waals surface area contributed by atoms with E-state index in [0.717, 1.165) is 17.0 Å². The Bertz CT molecular complexity index is 535. The van der Waals surface area contributed by atoms with Crippen LogP contribution in [-0.4, -0.2) is 33.3 Å². The Hall–Kier alpha value is -1.85. The highest BCUT2D eigenvalue weighted by atomic mass is 16.4. The van der Waals surface area contributed by atoms with Crippen molar-refractivity contribution in [3.63, 3.8) is 0 Å². The largest absolute Gasteiger partial charge is 0.481 e. The minimum absolute atomic E-state index is 0.113. The van der Waals surface area contributed by atoms with Crippen LogP contribution in [0.3, 0.4) is 0 Å². The number of aliphatic carboxylic acids is 1. The molecule has 0 bridgehead atoms. The van der Waals surface area contributed by atoms with Gasteiger partial charge in [0.2, 0.25) is 5.91 Å². The molecule has 1 amide bonds. The monoisotopic (exact) mass is 309 g/mol. The molecule has 1 heterocycles. The van der Waals surface area contributed by atoms with Crippen LogP contribution in [0.2, 0.25) is 0 Å². The van der Waals surface area contributed by atoms with E-state index in [1.807, 2.05) is 39.4 Å². The fourth-order valence-corrected chi connectivity index (χ4v) is 2.58. The maximum Gasteiger partial charge on any atom is 0.308 e. The first-order chi connectivity index (χ1) is 10.2. The second-order valence-corrected chi connectivity index (χ2v) is 6.24. The molecule has 0 saturated carbocycles. The molecule has 1 rings (SSSR count). The lowest BCUT2D eigenvalue weighted by atomic mass is 9.97. The molecule has 1 aromatic rings. The van der Waals surface area contributed by atoms with Gasteiger partial charge in [0, 0.05) is 25.7 Å². The number of nitrogens with one attached hydrogen (secondary N) is 1.